The topological polar surface area (TPSA) is 79.6 Å². The van der Waals surface area contributed by atoms with E-state index in [1.54, 1.807) is 13.0 Å². The van der Waals surface area contributed by atoms with Crippen LogP contribution in [0.1, 0.15) is 17.4 Å². The van der Waals surface area contributed by atoms with Crippen LogP contribution in [0.5, 0.6) is 0 Å². The summed E-state index contributed by atoms with van der Waals surface area (Å²) in [5.41, 5.74) is 0.989. The van der Waals surface area contributed by atoms with Gasteiger partial charge in [-0.25, -0.2) is 4.79 Å². The lowest BCUT2D eigenvalue weighted by atomic mass is 10.0. The van der Waals surface area contributed by atoms with E-state index in [9.17, 15) is 4.79 Å². The van der Waals surface area contributed by atoms with Gasteiger partial charge in [-0.1, -0.05) is 35.0 Å². The van der Waals surface area contributed by atoms with Gasteiger partial charge in [0.1, 0.15) is 5.76 Å². The zero-order chi connectivity index (χ0) is 17.6. The molecule has 134 valence electrons. The molecule has 0 spiro atoms. The smallest absolute Gasteiger partial charge is 0.320 e. The minimum absolute atomic E-state index is 0.0256. The van der Waals surface area contributed by atoms with Crippen molar-refractivity contribution in [2.24, 2.45) is 0 Å². The van der Waals surface area contributed by atoms with Crippen LogP contribution < -0.4 is 10.6 Å². The second-order valence-corrected chi connectivity index (χ2v) is 6.25. The van der Waals surface area contributed by atoms with Gasteiger partial charge in [-0.15, -0.1) is 0 Å². The van der Waals surface area contributed by atoms with E-state index < -0.39 is 0 Å². The Hall–Kier alpha value is -2.09. The summed E-state index contributed by atoms with van der Waals surface area (Å²) in [6.07, 6.45) is 0. The Balaban J connectivity index is 1.67. The molecule has 1 aliphatic heterocycles. The lowest BCUT2D eigenvalue weighted by Gasteiger charge is -2.35. The van der Waals surface area contributed by atoms with Crippen LogP contribution in [0.4, 0.5) is 10.6 Å². The fourth-order valence-electron chi connectivity index (χ4n) is 2.85. The van der Waals surface area contributed by atoms with Crippen molar-refractivity contribution in [3.63, 3.8) is 0 Å². The number of halogens is 1. The molecule has 0 radical (unpaired) electrons. The third-order valence-electron chi connectivity index (χ3n) is 4.08. The lowest BCUT2D eigenvalue weighted by molar-refractivity contribution is 0.0168. The molecule has 3 rings (SSSR count). The van der Waals surface area contributed by atoms with Gasteiger partial charge in [0.15, 0.2) is 5.82 Å². The van der Waals surface area contributed by atoms with E-state index in [4.69, 9.17) is 20.9 Å². The number of carbonyl (C=O) groups is 1. The maximum atomic E-state index is 12.1. The number of aryl methyl sites for hydroxylation is 1. The predicted octanol–water partition coefficient (Wildman–Crippen LogP) is 2.83. The minimum Gasteiger partial charge on any atom is -0.379 e. The number of aromatic nitrogens is 1. The highest BCUT2D eigenvalue weighted by Crippen LogP contribution is 2.27. The standard InChI is InChI=1S/C17H21ClN4O3/c1-12-10-16(21-25-12)20-17(23)19-11-15(22-6-8-24-9-7-22)13-4-2-3-5-14(13)18/h2-5,10,15H,6-9,11H2,1H3,(H2,19,20,21,23). The summed E-state index contributed by atoms with van der Waals surface area (Å²) in [6.45, 7) is 5.12. The fourth-order valence-corrected chi connectivity index (χ4v) is 3.11. The summed E-state index contributed by atoms with van der Waals surface area (Å²) < 4.78 is 10.4. The third-order valence-corrected chi connectivity index (χ3v) is 4.42. The first-order chi connectivity index (χ1) is 12.1. The van der Waals surface area contributed by atoms with Crippen LogP contribution in [0.3, 0.4) is 0 Å². The van der Waals surface area contributed by atoms with E-state index in [-0.39, 0.29) is 12.1 Å². The highest BCUT2D eigenvalue weighted by Gasteiger charge is 2.24. The Kier molecular flexibility index (Phi) is 5.91. The molecule has 2 amide bonds. The van der Waals surface area contributed by atoms with Gasteiger partial charge in [0, 0.05) is 30.7 Å². The first kappa shape index (κ1) is 17.7. The van der Waals surface area contributed by atoms with Gasteiger partial charge in [0.2, 0.25) is 0 Å². The lowest BCUT2D eigenvalue weighted by Crippen LogP contribution is -2.44. The largest absolute Gasteiger partial charge is 0.379 e. The van der Waals surface area contributed by atoms with Crippen LogP contribution >= 0.6 is 11.6 Å². The van der Waals surface area contributed by atoms with Gasteiger partial charge >= 0.3 is 6.03 Å². The molecule has 0 aliphatic carbocycles. The summed E-state index contributed by atoms with van der Waals surface area (Å²) in [6, 6.07) is 9.00. The molecule has 7 nitrogen and oxygen atoms in total. The van der Waals surface area contributed by atoms with E-state index >= 15 is 0 Å². The number of hydrogen-bond donors (Lipinski definition) is 2. The second kappa shape index (κ2) is 8.33. The number of amides is 2. The second-order valence-electron chi connectivity index (χ2n) is 5.84. The van der Waals surface area contributed by atoms with Crippen LogP contribution in [0.2, 0.25) is 5.02 Å². The van der Waals surface area contributed by atoms with Crippen molar-refractivity contribution in [3.8, 4) is 0 Å². The maximum Gasteiger partial charge on any atom is 0.320 e. The summed E-state index contributed by atoms with van der Waals surface area (Å²) in [4.78, 5) is 14.4. The first-order valence-electron chi connectivity index (χ1n) is 8.18. The molecule has 1 aromatic carbocycles. The zero-order valence-electron chi connectivity index (χ0n) is 14.0. The average molecular weight is 365 g/mol. The molecule has 2 aromatic rings. The normalized spacial score (nSPS) is 16.4. The van der Waals surface area contributed by atoms with Crippen molar-refractivity contribution in [1.29, 1.82) is 0 Å². The van der Waals surface area contributed by atoms with Crippen LogP contribution in [-0.4, -0.2) is 48.9 Å². The van der Waals surface area contributed by atoms with Gasteiger partial charge in [-0.3, -0.25) is 10.2 Å². The molecule has 2 N–H and O–H groups in total. The van der Waals surface area contributed by atoms with Crippen molar-refractivity contribution in [1.82, 2.24) is 15.4 Å². The Bertz CT molecular complexity index is 715. The van der Waals surface area contributed by atoms with Crippen LogP contribution in [-0.2, 0) is 4.74 Å². The number of nitrogens with zero attached hydrogens (tertiary/aromatic N) is 2. The molecule has 0 saturated carbocycles. The molecule has 1 aromatic heterocycles. The van der Waals surface area contributed by atoms with Crippen molar-refractivity contribution >= 4 is 23.4 Å². The van der Waals surface area contributed by atoms with E-state index in [2.05, 4.69) is 20.7 Å². The molecule has 1 atom stereocenters. The first-order valence-corrected chi connectivity index (χ1v) is 8.55. The Morgan fingerprint density at radius 1 is 1.36 bits per heavy atom. The van der Waals surface area contributed by atoms with Crippen molar-refractivity contribution < 1.29 is 14.1 Å². The number of benzene rings is 1. The number of morpholine rings is 1. The quantitative estimate of drug-likeness (QED) is 0.852. The number of ether oxygens (including phenoxy) is 1. The molecule has 1 fully saturated rings. The van der Waals surface area contributed by atoms with E-state index in [1.165, 1.54) is 0 Å². The number of hydrogen-bond acceptors (Lipinski definition) is 5. The van der Waals surface area contributed by atoms with Crippen molar-refractivity contribution in [2.45, 2.75) is 13.0 Å². The molecule has 25 heavy (non-hydrogen) atoms. The monoisotopic (exact) mass is 364 g/mol. The van der Waals surface area contributed by atoms with Gasteiger partial charge in [-0.05, 0) is 18.6 Å². The van der Waals surface area contributed by atoms with Crippen molar-refractivity contribution in [3.05, 3.63) is 46.7 Å². The number of urea groups is 1. The zero-order valence-corrected chi connectivity index (χ0v) is 14.8. The van der Waals surface area contributed by atoms with Crippen LogP contribution in [0, 0.1) is 6.92 Å². The van der Waals surface area contributed by atoms with E-state index in [0.717, 1.165) is 18.7 Å². The molecular weight excluding hydrogens is 344 g/mol. The molecule has 1 aliphatic rings. The Labute approximate surface area is 151 Å². The average Bonchev–Trinajstić information content (AvgIpc) is 3.02. The minimum atomic E-state index is -0.335. The van der Waals surface area contributed by atoms with E-state index in [1.807, 2.05) is 24.3 Å². The van der Waals surface area contributed by atoms with Crippen LogP contribution in [0.25, 0.3) is 0 Å². The highest BCUT2D eigenvalue weighted by molar-refractivity contribution is 6.31. The van der Waals surface area contributed by atoms with Gasteiger partial charge in [0.25, 0.3) is 0 Å². The SMILES string of the molecule is Cc1cc(NC(=O)NCC(c2ccccc2Cl)N2CCOCC2)no1. The Morgan fingerprint density at radius 2 is 2.12 bits per heavy atom. The van der Waals surface area contributed by atoms with Crippen LogP contribution in [0.15, 0.2) is 34.9 Å². The molecule has 1 unspecified atom stereocenters. The highest BCUT2D eigenvalue weighted by atomic mass is 35.5. The molecular formula is C17H21ClN4O3. The summed E-state index contributed by atoms with van der Waals surface area (Å²) in [7, 11) is 0. The number of anilines is 1. The van der Waals surface area contributed by atoms with Gasteiger partial charge < -0.3 is 14.6 Å². The molecule has 8 heteroatoms. The fraction of sp³-hybridized carbons (Fsp3) is 0.412. The Morgan fingerprint density at radius 3 is 2.80 bits per heavy atom. The number of nitrogens with one attached hydrogen (secondary N) is 2. The van der Waals surface area contributed by atoms with Gasteiger partial charge in [0.05, 0.1) is 19.3 Å². The number of carbonyl (C=O) groups excluding carboxylic acids is 1. The molecule has 0 bridgehead atoms. The maximum absolute atomic E-state index is 12.1. The number of rotatable bonds is 5. The predicted molar refractivity (Wildman–Crippen MR) is 94.8 cm³/mol. The molecule has 2 heterocycles. The summed E-state index contributed by atoms with van der Waals surface area (Å²) in [5.74, 6) is 1.02. The van der Waals surface area contributed by atoms with Crippen molar-refractivity contribution in [2.75, 3.05) is 38.2 Å². The van der Waals surface area contributed by atoms with Gasteiger partial charge in [-0.2, -0.15) is 0 Å². The summed E-state index contributed by atoms with van der Waals surface area (Å²) in [5, 5.41) is 9.98. The summed E-state index contributed by atoms with van der Waals surface area (Å²) >= 11 is 6.38. The van der Waals surface area contributed by atoms with E-state index in [0.29, 0.717) is 36.4 Å². The molecule has 1 saturated heterocycles. The third kappa shape index (κ3) is 4.72.